The average Bonchev–Trinajstić information content (AvgIpc) is 2.69. The topological polar surface area (TPSA) is 43.8 Å². The molecule has 2 rings (SSSR count). The van der Waals surface area contributed by atoms with Crippen molar-refractivity contribution in [1.29, 1.82) is 0 Å². The number of nitrogens with zero attached hydrogens (tertiary/aromatic N) is 2. The molecule has 0 amide bonds. The van der Waals surface area contributed by atoms with Gasteiger partial charge in [0.2, 0.25) is 0 Å². The van der Waals surface area contributed by atoms with Gasteiger partial charge in [0, 0.05) is 11.5 Å². The second-order valence-corrected chi connectivity index (χ2v) is 5.49. The van der Waals surface area contributed by atoms with Crippen molar-refractivity contribution in [3.05, 3.63) is 29.3 Å². The van der Waals surface area contributed by atoms with Crippen molar-refractivity contribution < 1.29 is 0 Å². The van der Waals surface area contributed by atoms with Crippen LogP contribution in [0.1, 0.15) is 26.5 Å². The molecule has 80 valence electrons. The summed E-state index contributed by atoms with van der Waals surface area (Å²) in [6.45, 7) is 6.40. The second-order valence-electron chi connectivity index (χ2n) is 4.57. The van der Waals surface area contributed by atoms with E-state index in [9.17, 15) is 0 Å². The van der Waals surface area contributed by atoms with E-state index in [1.54, 1.807) is 16.0 Å². The van der Waals surface area contributed by atoms with Gasteiger partial charge in [-0.1, -0.05) is 20.8 Å². The normalized spacial score (nSPS) is 11.9. The zero-order valence-corrected chi connectivity index (χ0v) is 10.0. The molecule has 0 saturated carbocycles. The van der Waals surface area contributed by atoms with Crippen molar-refractivity contribution in [2.45, 2.75) is 26.2 Å². The van der Waals surface area contributed by atoms with Crippen LogP contribution in [0, 0.1) is 0 Å². The fourth-order valence-electron chi connectivity index (χ4n) is 1.33. The van der Waals surface area contributed by atoms with Gasteiger partial charge >= 0.3 is 0 Å². The van der Waals surface area contributed by atoms with Gasteiger partial charge in [-0.3, -0.25) is 0 Å². The van der Waals surface area contributed by atoms with Gasteiger partial charge in [0.15, 0.2) is 0 Å². The van der Waals surface area contributed by atoms with Gasteiger partial charge in [-0.25, -0.2) is 4.68 Å². The van der Waals surface area contributed by atoms with Gasteiger partial charge < -0.3 is 5.73 Å². The van der Waals surface area contributed by atoms with Gasteiger partial charge in [0.1, 0.15) is 10.8 Å². The van der Waals surface area contributed by atoms with Gasteiger partial charge in [-0.15, -0.1) is 11.3 Å². The molecule has 0 spiro atoms. The third-order valence-corrected chi connectivity index (χ3v) is 3.06. The number of nitrogens with two attached hydrogens (primary N) is 1. The van der Waals surface area contributed by atoms with E-state index in [0.717, 1.165) is 10.7 Å². The number of hydrogen-bond donors (Lipinski definition) is 1. The van der Waals surface area contributed by atoms with E-state index in [2.05, 4.69) is 25.9 Å². The van der Waals surface area contributed by atoms with Crippen molar-refractivity contribution in [2.75, 3.05) is 5.73 Å². The highest BCUT2D eigenvalue weighted by Crippen LogP contribution is 2.25. The quantitative estimate of drug-likeness (QED) is 0.804. The van der Waals surface area contributed by atoms with Gasteiger partial charge in [0.25, 0.3) is 0 Å². The fraction of sp³-hybridized carbons (Fsp3) is 0.364. The molecule has 2 aromatic rings. The number of rotatable bonds is 1. The monoisotopic (exact) mass is 221 g/mol. The minimum Gasteiger partial charge on any atom is -0.384 e. The Morgan fingerprint density at radius 3 is 2.60 bits per heavy atom. The number of thiophene rings is 1. The fourth-order valence-corrected chi connectivity index (χ4v) is 2.03. The van der Waals surface area contributed by atoms with Crippen LogP contribution in [0.5, 0.6) is 0 Å². The first-order valence-corrected chi connectivity index (χ1v) is 5.76. The molecule has 15 heavy (non-hydrogen) atoms. The van der Waals surface area contributed by atoms with Crippen molar-refractivity contribution >= 4 is 17.2 Å². The minimum absolute atomic E-state index is 0.0383. The van der Waals surface area contributed by atoms with Crippen LogP contribution in [-0.4, -0.2) is 9.78 Å². The maximum absolute atomic E-state index is 5.94. The molecule has 2 heterocycles. The highest BCUT2D eigenvalue weighted by atomic mass is 32.1. The Kier molecular flexibility index (Phi) is 2.31. The van der Waals surface area contributed by atoms with E-state index in [0.29, 0.717) is 5.82 Å². The summed E-state index contributed by atoms with van der Waals surface area (Å²) in [6, 6.07) is 5.96. The molecule has 0 fully saturated rings. The summed E-state index contributed by atoms with van der Waals surface area (Å²) in [6.07, 6.45) is 0. The van der Waals surface area contributed by atoms with E-state index < -0.39 is 0 Å². The Balaban J connectivity index is 2.47. The first-order valence-electron chi connectivity index (χ1n) is 4.88. The largest absolute Gasteiger partial charge is 0.384 e. The molecule has 0 aromatic carbocycles. The van der Waals surface area contributed by atoms with Crippen LogP contribution in [0.25, 0.3) is 5.00 Å². The van der Waals surface area contributed by atoms with Crippen molar-refractivity contribution in [3.8, 4) is 5.00 Å². The predicted molar refractivity (Wildman–Crippen MR) is 64.6 cm³/mol. The lowest BCUT2D eigenvalue weighted by Crippen LogP contribution is -2.12. The standard InChI is InChI=1S/C11H15N3S/c1-11(2,3)8-7-9(12)14(13-8)10-5-4-6-15-10/h4-7H,12H2,1-3H3. The number of aromatic nitrogens is 2. The van der Waals surface area contributed by atoms with Crippen LogP contribution in [0.15, 0.2) is 23.6 Å². The Morgan fingerprint density at radius 1 is 1.40 bits per heavy atom. The summed E-state index contributed by atoms with van der Waals surface area (Å²) in [7, 11) is 0. The van der Waals surface area contributed by atoms with Gasteiger partial charge in [0.05, 0.1) is 5.69 Å². The van der Waals surface area contributed by atoms with E-state index in [4.69, 9.17) is 5.73 Å². The van der Waals surface area contributed by atoms with Gasteiger partial charge in [-0.05, 0) is 17.5 Å². The van der Waals surface area contributed by atoms with Crippen LogP contribution >= 0.6 is 11.3 Å². The van der Waals surface area contributed by atoms with Crippen molar-refractivity contribution in [2.24, 2.45) is 0 Å². The molecule has 2 aromatic heterocycles. The predicted octanol–water partition coefficient (Wildman–Crippen LogP) is 2.81. The molecule has 0 atom stereocenters. The van der Waals surface area contributed by atoms with E-state index in [1.807, 2.05) is 23.6 Å². The zero-order valence-electron chi connectivity index (χ0n) is 9.19. The van der Waals surface area contributed by atoms with E-state index >= 15 is 0 Å². The lowest BCUT2D eigenvalue weighted by Gasteiger charge is -2.13. The second kappa shape index (κ2) is 3.38. The lowest BCUT2D eigenvalue weighted by molar-refractivity contribution is 0.561. The molecule has 3 nitrogen and oxygen atoms in total. The number of hydrogen-bond acceptors (Lipinski definition) is 3. The molecule has 0 aliphatic heterocycles. The minimum atomic E-state index is 0.0383. The van der Waals surface area contributed by atoms with Gasteiger partial charge in [-0.2, -0.15) is 5.10 Å². The number of nitrogen functional groups attached to an aromatic ring is 1. The van der Waals surface area contributed by atoms with Crippen LogP contribution < -0.4 is 5.73 Å². The molecule has 0 saturated heterocycles. The molecule has 2 N–H and O–H groups in total. The summed E-state index contributed by atoms with van der Waals surface area (Å²) in [5, 5.41) is 7.60. The van der Waals surface area contributed by atoms with Crippen LogP contribution in [0.4, 0.5) is 5.82 Å². The molecule has 0 bridgehead atoms. The molecule has 4 heteroatoms. The van der Waals surface area contributed by atoms with Crippen molar-refractivity contribution in [3.63, 3.8) is 0 Å². The molecule has 0 aliphatic rings. The SMILES string of the molecule is CC(C)(C)c1cc(N)n(-c2cccs2)n1. The van der Waals surface area contributed by atoms with E-state index in [1.165, 1.54) is 0 Å². The number of anilines is 1. The summed E-state index contributed by atoms with van der Waals surface area (Å²) >= 11 is 1.63. The third-order valence-electron chi connectivity index (χ3n) is 2.22. The summed E-state index contributed by atoms with van der Waals surface area (Å²) in [5.74, 6) is 0.697. The van der Waals surface area contributed by atoms with Crippen molar-refractivity contribution in [1.82, 2.24) is 9.78 Å². The summed E-state index contributed by atoms with van der Waals surface area (Å²) in [4.78, 5) is 0. The first-order chi connectivity index (χ1) is 6.98. The highest BCUT2D eigenvalue weighted by molar-refractivity contribution is 7.12. The smallest absolute Gasteiger partial charge is 0.128 e. The van der Waals surface area contributed by atoms with Crippen LogP contribution in [0.3, 0.4) is 0 Å². The zero-order chi connectivity index (χ0) is 11.1. The molecule has 0 radical (unpaired) electrons. The molecule has 0 aliphatic carbocycles. The summed E-state index contributed by atoms with van der Waals surface area (Å²) < 4.78 is 1.80. The van der Waals surface area contributed by atoms with Crippen LogP contribution in [0.2, 0.25) is 0 Å². The Bertz CT molecular complexity index is 449. The average molecular weight is 221 g/mol. The lowest BCUT2D eigenvalue weighted by atomic mass is 9.92. The third kappa shape index (κ3) is 1.90. The molecular formula is C11H15N3S. The highest BCUT2D eigenvalue weighted by Gasteiger charge is 2.19. The molecular weight excluding hydrogens is 206 g/mol. The van der Waals surface area contributed by atoms with Crippen LogP contribution in [-0.2, 0) is 5.41 Å². The maximum Gasteiger partial charge on any atom is 0.128 e. The Hall–Kier alpha value is -1.29. The molecule has 0 unspecified atom stereocenters. The van der Waals surface area contributed by atoms with E-state index in [-0.39, 0.29) is 5.41 Å². The maximum atomic E-state index is 5.94. The first kappa shape index (κ1) is 10.2. The summed E-state index contributed by atoms with van der Waals surface area (Å²) in [5.41, 5.74) is 7.00. The Morgan fingerprint density at radius 2 is 2.13 bits per heavy atom. The Labute approximate surface area is 93.5 Å².